The maximum Gasteiger partial charge on any atom is 0.274 e. The Morgan fingerprint density at radius 2 is 1.87 bits per heavy atom. The summed E-state index contributed by atoms with van der Waals surface area (Å²) in [5.41, 5.74) is 2.83. The summed E-state index contributed by atoms with van der Waals surface area (Å²) in [6, 6.07) is 13.0. The van der Waals surface area contributed by atoms with Gasteiger partial charge in [0.05, 0.1) is 11.4 Å². The van der Waals surface area contributed by atoms with E-state index in [0.29, 0.717) is 35.5 Å². The van der Waals surface area contributed by atoms with Crippen LogP contribution in [0.2, 0.25) is 0 Å². The monoisotopic (exact) mass is 441 g/mol. The Morgan fingerprint density at radius 3 is 2.55 bits per heavy atom. The van der Waals surface area contributed by atoms with Gasteiger partial charge in [0, 0.05) is 25.1 Å². The molecule has 3 rings (SSSR count). The molecule has 1 heterocycles. The molecule has 31 heavy (non-hydrogen) atoms. The van der Waals surface area contributed by atoms with Crippen molar-refractivity contribution in [3.8, 4) is 5.69 Å². The third kappa shape index (κ3) is 5.69. The van der Waals surface area contributed by atoms with Gasteiger partial charge in [-0.25, -0.2) is 9.07 Å². The Labute approximate surface area is 184 Å². The van der Waals surface area contributed by atoms with Crippen LogP contribution in [0.3, 0.4) is 0 Å². The van der Waals surface area contributed by atoms with Gasteiger partial charge >= 0.3 is 0 Å². The molecule has 0 aliphatic heterocycles. The summed E-state index contributed by atoms with van der Waals surface area (Å²) >= 11 is 1.65. The SMILES string of the molecule is CCNC(=O)c1ccc(-n2nnc(C(=O)NCc3cccc(F)c3)c2CCSC)cc1. The maximum atomic E-state index is 13.4. The topological polar surface area (TPSA) is 88.9 Å². The Morgan fingerprint density at radius 1 is 1.10 bits per heavy atom. The molecule has 0 aliphatic carbocycles. The third-order valence-electron chi connectivity index (χ3n) is 4.57. The summed E-state index contributed by atoms with van der Waals surface area (Å²) < 4.78 is 15.0. The Kier molecular flexibility index (Phi) is 7.77. The number of carbonyl (C=O) groups is 2. The number of aromatic nitrogens is 3. The number of thioether (sulfide) groups is 1. The normalized spacial score (nSPS) is 10.7. The van der Waals surface area contributed by atoms with Gasteiger partial charge in [-0.05, 0) is 60.9 Å². The van der Waals surface area contributed by atoms with Crippen molar-refractivity contribution in [1.29, 1.82) is 0 Å². The lowest BCUT2D eigenvalue weighted by molar-refractivity contribution is 0.0940. The first-order valence-electron chi connectivity index (χ1n) is 9.88. The van der Waals surface area contributed by atoms with E-state index in [2.05, 4.69) is 20.9 Å². The van der Waals surface area contributed by atoms with E-state index in [1.165, 1.54) is 12.1 Å². The highest BCUT2D eigenvalue weighted by molar-refractivity contribution is 7.98. The van der Waals surface area contributed by atoms with Gasteiger partial charge in [0.15, 0.2) is 5.69 Å². The summed E-state index contributed by atoms with van der Waals surface area (Å²) in [6.45, 7) is 2.60. The summed E-state index contributed by atoms with van der Waals surface area (Å²) in [5.74, 6) is -0.0817. The molecule has 1 aromatic heterocycles. The number of rotatable bonds is 9. The van der Waals surface area contributed by atoms with Crippen molar-refractivity contribution < 1.29 is 14.0 Å². The molecule has 3 aromatic rings. The standard InChI is InChI=1S/C22H24FN5O2S/c1-3-24-21(29)16-7-9-18(10-8-16)28-19(11-12-31-2)20(26-27-28)22(30)25-14-15-5-4-6-17(23)13-15/h4-10,13H,3,11-12,14H2,1-2H3,(H,24,29)(H,25,30). The highest BCUT2D eigenvalue weighted by atomic mass is 32.2. The van der Waals surface area contributed by atoms with E-state index < -0.39 is 0 Å². The molecule has 0 atom stereocenters. The molecule has 7 nitrogen and oxygen atoms in total. The molecule has 0 radical (unpaired) electrons. The molecule has 0 aliphatic rings. The van der Waals surface area contributed by atoms with Crippen LogP contribution in [0.1, 0.15) is 39.0 Å². The van der Waals surface area contributed by atoms with E-state index in [9.17, 15) is 14.0 Å². The van der Waals surface area contributed by atoms with Crippen LogP contribution in [0.4, 0.5) is 4.39 Å². The highest BCUT2D eigenvalue weighted by Crippen LogP contribution is 2.17. The zero-order valence-electron chi connectivity index (χ0n) is 17.4. The lowest BCUT2D eigenvalue weighted by atomic mass is 10.1. The molecule has 162 valence electrons. The van der Waals surface area contributed by atoms with Gasteiger partial charge in [-0.15, -0.1) is 5.10 Å². The van der Waals surface area contributed by atoms with Crippen molar-refractivity contribution in [2.45, 2.75) is 19.9 Å². The number of hydrogen-bond donors (Lipinski definition) is 2. The van der Waals surface area contributed by atoms with E-state index >= 15 is 0 Å². The van der Waals surface area contributed by atoms with Gasteiger partial charge in [0.2, 0.25) is 0 Å². The van der Waals surface area contributed by atoms with Crippen molar-refractivity contribution in [1.82, 2.24) is 25.6 Å². The van der Waals surface area contributed by atoms with Crippen molar-refractivity contribution in [2.24, 2.45) is 0 Å². The fourth-order valence-corrected chi connectivity index (χ4v) is 3.44. The molecular weight excluding hydrogens is 417 g/mol. The van der Waals surface area contributed by atoms with Gasteiger partial charge < -0.3 is 10.6 Å². The molecular formula is C22H24FN5O2S. The van der Waals surface area contributed by atoms with Crippen LogP contribution in [0, 0.1) is 5.82 Å². The van der Waals surface area contributed by atoms with Gasteiger partial charge in [0.25, 0.3) is 11.8 Å². The molecule has 0 bridgehead atoms. The molecule has 2 aromatic carbocycles. The largest absolute Gasteiger partial charge is 0.352 e. The third-order valence-corrected chi connectivity index (χ3v) is 5.19. The lowest BCUT2D eigenvalue weighted by Gasteiger charge is -2.09. The van der Waals surface area contributed by atoms with Gasteiger partial charge in [0.1, 0.15) is 5.82 Å². The van der Waals surface area contributed by atoms with E-state index in [0.717, 1.165) is 5.75 Å². The molecule has 0 fully saturated rings. The smallest absolute Gasteiger partial charge is 0.274 e. The first-order chi connectivity index (χ1) is 15.0. The number of halogens is 1. The average Bonchev–Trinajstić information content (AvgIpc) is 3.20. The van der Waals surface area contributed by atoms with Gasteiger partial charge in [-0.1, -0.05) is 17.3 Å². The quantitative estimate of drug-likeness (QED) is 0.533. The minimum atomic E-state index is -0.370. The zero-order chi connectivity index (χ0) is 22.2. The highest BCUT2D eigenvalue weighted by Gasteiger charge is 2.20. The second-order valence-corrected chi connectivity index (χ2v) is 7.74. The fourth-order valence-electron chi connectivity index (χ4n) is 3.04. The molecule has 0 saturated carbocycles. The van der Waals surface area contributed by atoms with Gasteiger partial charge in [-0.2, -0.15) is 11.8 Å². The summed E-state index contributed by atoms with van der Waals surface area (Å²) in [7, 11) is 0. The fraction of sp³-hybridized carbons (Fsp3) is 0.273. The van der Waals surface area contributed by atoms with Crippen LogP contribution >= 0.6 is 11.8 Å². The van der Waals surface area contributed by atoms with Crippen LogP contribution in [0.25, 0.3) is 5.69 Å². The average molecular weight is 442 g/mol. The minimum absolute atomic E-state index is 0.146. The second kappa shape index (κ2) is 10.7. The predicted molar refractivity (Wildman–Crippen MR) is 119 cm³/mol. The molecule has 0 spiro atoms. The van der Waals surface area contributed by atoms with Crippen molar-refractivity contribution in [3.05, 3.63) is 76.9 Å². The first-order valence-corrected chi connectivity index (χ1v) is 11.3. The maximum absolute atomic E-state index is 13.4. The number of nitrogens with one attached hydrogen (secondary N) is 2. The number of nitrogens with zero attached hydrogens (tertiary/aromatic N) is 3. The Hall–Kier alpha value is -3.20. The summed E-state index contributed by atoms with van der Waals surface area (Å²) in [4.78, 5) is 24.7. The van der Waals surface area contributed by atoms with Crippen LogP contribution < -0.4 is 10.6 Å². The minimum Gasteiger partial charge on any atom is -0.352 e. The Bertz CT molecular complexity index is 1050. The van der Waals surface area contributed by atoms with Crippen molar-refractivity contribution in [2.75, 3.05) is 18.6 Å². The number of benzene rings is 2. The van der Waals surface area contributed by atoms with E-state index in [-0.39, 0.29) is 29.9 Å². The van der Waals surface area contributed by atoms with Crippen LogP contribution in [-0.4, -0.2) is 45.4 Å². The Balaban J connectivity index is 1.82. The second-order valence-electron chi connectivity index (χ2n) is 6.76. The zero-order valence-corrected chi connectivity index (χ0v) is 18.2. The van der Waals surface area contributed by atoms with Gasteiger partial charge in [-0.3, -0.25) is 9.59 Å². The summed E-state index contributed by atoms with van der Waals surface area (Å²) in [6.07, 6.45) is 2.58. The summed E-state index contributed by atoms with van der Waals surface area (Å²) in [5, 5.41) is 13.8. The predicted octanol–water partition coefficient (Wildman–Crippen LogP) is 2.99. The molecule has 0 saturated heterocycles. The molecule has 2 amide bonds. The number of hydrogen-bond acceptors (Lipinski definition) is 5. The lowest BCUT2D eigenvalue weighted by Crippen LogP contribution is -2.25. The van der Waals surface area contributed by atoms with Crippen molar-refractivity contribution in [3.63, 3.8) is 0 Å². The van der Waals surface area contributed by atoms with E-state index in [1.54, 1.807) is 52.8 Å². The molecule has 2 N–H and O–H groups in total. The first kappa shape index (κ1) is 22.5. The van der Waals surface area contributed by atoms with Crippen LogP contribution in [0.5, 0.6) is 0 Å². The van der Waals surface area contributed by atoms with Crippen LogP contribution in [-0.2, 0) is 13.0 Å². The number of carbonyl (C=O) groups excluding carboxylic acids is 2. The molecule has 9 heteroatoms. The van der Waals surface area contributed by atoms with E-state index in [4.69, 9.17) is 0 Å². The molecule has 0 unspecified atom stereocenters. The number of amides is 2. The van der Waals surface area contributed by atoms with E-state index in [1.807, 2.05) is 13.2 Å². The van der Waals surface area contributed by atoms with Crippen molar-refractivity contribution >= 4 is 23.6 Å². The van der Waals surface area contributed by atoms with Crippen LogP contribution in [0.15, 0.2) is 48.5 Å².